The van der Waals surface area contributed by atoms with Gasteiger partial charge in [0, 0.05) is 18.3 Å². The van der Waals surface area contributed by atoms with Crippen LogP contribution >= 0.6 is 0 Å². The number of ether oxygens (including phenoxy) is 1. The summed E-state index contributed by atoms with van der Waals surface area (Å²) in [6.07, 6.45) is 2.19. The van der Waals surface area contributed by atoms with Crippen molar-refractivity contribution >= 4 is 5.91 Å². The number of hydrogen-bond acceptors (Lipinski definition) is 4. The number of hydrogen-bond donors (Lipinski definition) is 2. The molecule has 7 heteroatoms. The summed E-state index contributed by atoms with van der Waals surface area (Å²) in [5, 5.41) is 12.5. The molecule has 0 spiro atoms. The molecule has 2 aromatic rings. The van der Waals surface area contributed by atoms with E-state index in [0.717, 1.165) is 17.7 Å². The highest BCUT2D eigenvalue weighted by atomic mass is 19.1. The Morgan fingerprint density at radius 3 is 2.69 bits per heavy atom. The van der Waals surface area contributed by atoms with E-state index in [1.807, 2.05) is 0 Å². The van der Waals surface area contributed by atoms with Crippen LogP contribution in [-0.4, -0.2) is 29.2 Å². The summed E-state index contributed by atoms with van der Waals surface area (Å²) in [6.45, 7) is 0. The number of aliphatic hydroxyl groups is 1. The molecular formula is C19H20F2N2O3. The lowest BCUT2D eigenvalue weighted by molar-refractivity contribution is -0.122. The number of carbonyl (C=O) groups is 1. The summed E-state index contributed by atoms with van der Waals surface area (Å²) in [7, 11) is 1.51. The Morgan fingerprint density at radius 1 is 1.35 bits per heavy atom. The molecule has 3 rings (SSSR count). The second kappa shape index (κ2) is 7.78. The third-order valence-corrected chi connectivity index (χ3v) is 4.63. The number of nitrogens with one attached hydrogen (secondary N) is 1. The van der Waals surface area contributed by atoms with Crippen molar-refractivity contribution in [3.63, 3.8) is 0 Å². The monoisotopic (exact) mass is 362 g/mol. The zero-order chi connectivity index (χ0) is 18.7. The summed E-state index contributed by atoms with van der Waals surface area (Å²) in [5.41, 5.74) is 0.916. The highest BCUT2D eigenvalue weighted by Crippen LogP contribution is 2.38. The topological polar surface area (TPSA) is 71.5 Å². The number of nitrogens with zero attached hydrogens (tertiary/aromatic N) is 1. The lowest BCUT2D eigenvalue weighted by atomic mass is 9.75. The van der Waals surface area contributed by atoms with E-state index < -0.39 is 11.6 Å². The Morgan fingerprint density at radius 2 is 2.12 bits per heavy atom. The lowest BCUT2D eigenvalue weighted by Gasteiger charge is -2.38. The first kappa shape index (κ1) is 18.3. The minimum Gasteiger partial charge on any atom is -0.481 e. The fourth-order valence-electron chi connectivity index (χ4n) is 3.13. The molecule has 1 saturated carbocycles. The number of pyridine rings is 1. The Labute approximate surface area is 150 Å². The molecule has 138 valence electrons. The van der Waals surface area contributed by atoms with Gasteiger partial charge in [-0.25, -0.2) is 13.8 Å². The molecule has 2 N–H and O–H groups in total. The molecule has 1 aromatic carbocycles. The number of aliphatic hydroxyl groups excluding tert-OH is 1. The van der Waals surface area contributed by atoms with Gasteiger partial charge in [0.25, 0.3) is 0 Å². The van der Waals surface area contributed by atoms with Gasteiger partial charge >= 0.3 is 0 Å². The quantitative estimate of drug-likeness (QED) is 0.828. The van der Waals surface area contributed by atoms with Gasteiger partial charge in [0.05, 0.1) is 25.7 Å². The van der Waals surface area contributed by atoms with Crippen molar-refractivity contribution in [1.82, 2.24) is 10.3 Å². The molecule has 0 aliphatic heterocycles. The molecule has 0 radical (unpaired) electrons. The molecule has 1 fully saturated rings. The summed E-state index contributed by atoms with van der Waals surface area (Å²) >= 11 is 0. The predicted molar refractivity (Wildman–Crippen MR) is 90.5 cm³/mol. The maximum absolute atomic E-state index is 13.8. The number of benzene rings is 1. The zero-order valence-corrected chi connectivity index (χ0v) is 14.3. The maximum atomic E-state index is 13.8. The second-order valence-corrected chi connectivity index (χ2v) is 6.48. The largest absolute Gasteiger partial charge is 0.481 e. The molecule has 1 aliphatic rings. The predicted octanol–water partition coefficient (Wildman–Crippen LogP) is 2.54. The van der Waals surface area contributed by atoms with E-state index in [2.05, 4.69) is 10.3 Å². The molecule has 0 unspecified atom stereocenters. The average Bonchev–Trinajstić information content (AvgIpc) is 2.60. The Bertz CT molecular complexity index is 777. The molecule has 1 amide bonds. The van der Waals surface area contributed by atoms with E-state index in [4.69, 9.17) is 4.74 Å². The minimum absolute atomic E-state index is 0.0715. The number of halogens is 2. The summed E-state index contributed by atoms with van der Waals surface area (Å²) in [6, 6.07) is 6.31. The SMILES string of the molecule is COc1ccc([C@H](NC(=O)Cc2ccc(F)cc2F)C2CC(O)C2)cn1. The van der Waals surface area contributed by atoms with Crippen molar-refractivity contribution in [2.24, 2.45) is 5.92 Å². The molecule has 5 nitrogen and oxygen atoms in total. The van der Waals surface area contributed by atoms with Gasteiger partial charge in [0.2, 0.25) is 11.8 Å². The molecule has 0 saturated heterocycles. The van der Waals surface area contributed by atoms with Gasteiger partial charge in [-0.3, -0.25) is 4.79 Å². The Kier molecular flexibility index (Phi) is 5.46. The molecule has 26 heavy (non-hydrogen) atoms. The van der Waals surface area contributed by atoms with Crippen LogP contribution in [0.4, 0.5) is 8.78 Å². The van der Waals surface area contributed by atoms with Crippen LogP contribution < -0.4 is 10.1 Å². The minimum atomic E-state index is -0.748. The first-order valence-corrected chi connectivity index (χ1v) is 8.37. The van der Waals surface area contributed by atoms with Gasteiger partial charge in [-0.1, -0.05) is 12.1 Å². The van der Waals surface area contributed by atoms with Crippen molar-refractivity contribution in [3.8, 4) is 5.88 Å². The average molecular weight is 362 g/mol. The normalized spacial score (nSPS) is 20.2. The van der Waals surface area contributed by atoms with Crippen LogP contribution in [0, 0.1) is 17.6 Å². The van der Waals surface area contributed by atoms with Gasteiger partial charge in [0.1, 0.15) is 11.6 Å². The number of rotatable bonds is 6. The maximum Gasteiger partial charge on any atom is 0.225 e. The Hall–Kier alpha value is -2.54. The molecule has 1 aromatic heterocycles. The standard InChI is InChI=1S/C19H20F2N2O3/c1-26-18-5-3-12(10-22-18)19(13-6-15(24)7-13)23-17(25)8-11-2-4-14(20)9-16(11)21/h2-5,9-10,13,15,19,24H,6-8H2,1H3,(H,23,25)/t13?,15?,19-/m0/s1. The summed E-state index contributed by atoms with van der Waals surface area (Å²) in [5.74, 6) is -1.28. The Balaban J connectivity index is 1.73. The fraction of sp³-hybridized carbons (Fsp3) is 0.368. The van der Waals surface area contributed by atoms with Crippen LogP contribution in [0.15, 0.2) is 36.5 Å². The van der Waals surface area contributed by atoms with Crippen LogP contribution in [-0.2, 0) is 11.2 Å². The molecule has 1 heterocycles. The van der Waals surface area contributed by atoms with Crippen LogP contribution in [0.1, 0.15) is 30.0 Å². The van der Waals surface area contributed by atoms with Crippen molar-refractivity contribution in [1.29, 1.82) is 0 Å². The van der Waals surface area contributed by atoms with E-state index in [1.165, 1.54) is 13.2 Å². The van der Waals surface area contributed by atoms with Crippen molar-refractivity contribution in [2.45, 2.75) is 31.4 Å². The first-order chi connectivity index (χ1) is 12.5. The fourth-order valence-corrected chi connectivity index (χ4v) is 3.13. The number of aromatic nitrogens is 1. The first-order valence-electron chi connectivity index (χ1n) is 8.37. The number of carbonyl (C=O) groups excluding carboxylic acids is 1. The van der Waals surface area contributed by atoms with E-state index in [9.17, 15) is 18.7 Å². The summed E-state index contributed by atoms with van der Waals surface area (Å²) in [4.78, 5) is 16.6. The highest BCUT2D eigenvalue weighted by Gasteiger charge is 2.35. The van der Waals surface area contributed by atoms with E-state index in [-0.39, 0.29) is 36.0 Å². The van der Waals surface area contributed by atoms with Crippen LogP contribution in [0.3, 0.4) is 0 Å². The lowest BCUT2D eigenvalue weighted by Crippen LogP contribution is -2.42. The van der Waals surface area contributed by atoms with Gasteiger partial charge in [0.15, 0.2) is 0 Å². The van der Waals surface area contributed by atoms with Crippen molar-refractivity contribution in [3.05, 3.63) is 59.3 Å². The van der Waals surface area contributed by atoms with Crippen molar-refractivity contribution < 1.29 is 23.4 Å². The smallest absolute Gasteiger partial charge is 0.225 e. The third-order valence-electron chi connectivity index (χ3n) is 4.63. The van der Waals surface area contributed by atoms with E-state index >= 15 is 0 Å². The van der Waals surface area contributed by atoms with E-state index in [1.54, 1.807) is 18.3 Å². The van der Waals surface area contributed by atoms with Gasteiger partial charge < -0.3 is 15.2 Å². The van der Waals surface area contributed by atoms with Gasteiger partial charge in [-0.15, -0.1) is 0 Å². The highest BCUT2D eigenvalue weighted by molar-refractivity contribution is 5.79. The second-order valence-electron chi connectivity index (χ2n) is 6.48. The van der Waals surface area contributed by atoms with Crippen molar-refractivity contribution in [2.75, 3.05) is 7.11 Å². The van der Waals surface area contributed by atoms with Gasteiger partial charge in [-0.05, 0) is 36.0 Å². The molecule has 1 atom stereocenters. The van der Waals surface area contributed by atoms with E-state index in [0.29, 0.717) is 18.7 Å². The van der Waals surface area contributed by atoms with Crippen LogP contribution in [0.25, 0.3) is 0 Å². The molecule has 0 bridgehead atoms. The summed E-state index contributed by atoms with van der Waals surface area (Å²) < 4.78 is 31.8. The zero-order valence-electron chi connectivity index (χ0n) is 14.3. The number of methoxy groups -OCH3 is 1. The number of amides is 1. The van der Waals surface area contributed by atoms with Gasteiger partial charge in [-0.2, -0.15) is 0 Å². The molecule has 1 aliphatic carbocycles. The van der Waals surface area contributed by atoms with Crippen LogP contribution in [0.2, 0.25) is 0 Å². The molecular weight excluding hydrogens is 342 g/mol. The third kappa shape index (κ3) is 4.16. The van der Waals surface area contributed by atoms with Crippen LogP contribution in [0.5, 0.6) is 5.88 Å².